The molecule has 1 aliphatic rings. The van der Waals surface area contributed by atoms with Crippen LogP contribution >= 0.6 is 11.6 Å². The molecule has 2 rings (SSSR count). The van der Waals surface area contributed by atoms with Crippen LogP contribution in [0.4, 0.5) is 19.0 Å². The minimum Gasteiger partial charge on any atom is -0.241 e. The molecule has 0 radical (unpaired) electrons. The lowest BCUT2D eigenvalue weighted by molar-refractivity contribution is -0.148. The Balaban J connectivity index is 2.56. The molecule has 7 heteroatoms. The van der Waals surface area contributed by atoms with E-state index in [4.69, 9.17) is 11.6 Å². The minimum absolute atomic E-state index is 0.00331. The summed E-state index contributed by atoms with van der Waals surface area (Å²) in [6, 6.07) is 0. The summed E-state index contributed by atoms with van der Waals surface area (Å²) >= 11 is 5.62. The molecule has 0 bridgehead atoms. The van der Waals surface area contributed by atoms with Crippen LogP contribution in [0.25, 0.3) is 0 Å². The number of halogens is 4. The van der Waals surface area contributed by atoms with E-state index < -0.39 is 12.1 Å². The highest BCUT2D eigenvalue weighted by atomic mass is 35.5. The average molecular weight is 236 g/mol. The van der Waals surface area contributed by atoms with Gasteiger partial charge in [-0.1, -0.05) is 11.6 Å². The van der Waals surface area contributed by atoms with Crippen molar-refractivity contribution >= 4 is 23.6 Å². The first-order chi connectivity index (χ1) is 7.00. The summed E-state index contributed by atoms with van der Waals surface area (Å²) in [5.41, 5.74) is -0.130. The van der Waals surface area contributed by atoms with Crippen LogP contribution in [0.15, 0.2) is 11.3 Å². The Morgan fingerprint density at radius 3 is 2.73 bits per heavy atom. The molecule has 1 aliphatic heterocycles. The number of rotatable bonds is 0. The molecule has 0 amide bonds. The fourth-order valence-corrected chi connectivity index (χ4v) is 1.69. The SMILES string of the molecule is FC(F)(F)C1CC=Nc2ncnc(Cl)c21. The largest absolute Gasteiger partial charge is 0.396 e. The highest BCUT2D eigenvalue weighted by Crippen LogP contribution is 2.44. The lowest BCUT2D eigenvalue weighted by Gasteiger charge is -2.22. The van der Waals surface area contributed by atoms with Crippen molar-refractivity contribution in [3.8, 4) is 0 Å². The Hall–Kier alpha value is -1.17. The van der Waals surface area contributed by atoms with E-state index in [2.05, 4.69) is 15.0 Å². The number of hydrogen-bond acceptors (Lipinski definition) is 3. The van der Waals surface area contributed by atoms with Gasteiger partial charge in [0, 0.05) is 11.8 Å². The van der Waals surface area contributed by atoms with Crippen molar-refractivity contribution in [3.05, 3.63) is 17.0 Å². The smallest absolute Gasteiger partial charge is 0.241 e. The van der Waals surface area contributed by atoms with Gasteiger partial charge < -0.3 is 0 Å². The summed E-state index contributed by atoms with van der Waals surface area (Å²) in [7, 11) is 0. The topological polar surface area (TPSA) is 38.1 Å². The van der Waals surface area contributed by atoms with Crippen LogP contribution in [-0.2, 0) is 0 Å². The van der Waals surface area contributed by atoms with Gasteiger partial charge in [-0.05, 0) is 6.42 Å². The van der Waals surface area contributed by atoms with Crippen molar-refractivity contribution < 1.29 is 13.2 Å². The predicted octanol–water partition coefficient (Wildman–Crippen LogP) is 2.88. The van der Waals surface area contributed by atoms with E-state index in [0.717, 1.165) is 6.33 Å². The van der Waals surface area contributed by atoms with Crippen molar-refractivity contribution in [2.45, 2.75) is 18.5 Å². The maximum Gasteiger partial charge on any atom is 0.396 e. The van der Waals surface area contributed by atoms with Crippen LogP contribution in [0.3, 0.4) is 0 Å². The Kier molecular flexibility index (Phi) is 2.38. The third-order valence-electron chi connectivity index (χ3n) is 2.11. The Labute approximate surface area is 88.0 Å². The minimum atomic E-state index is -4.35. The van der Waals surface area contributed by atoms with E-state index in [1.807, 2.05) is 0 Å². The molecular weight excluding hydrogens is 231 g/mol. The highest BCUT2D eigenvalue weighted by Gasteiger charge is 2.44. The number of alkyl halides is 3. The molecule has 80 valence electrons. The third kappa shape index (κ3) is 1.81. The van der Waals surface area contributed by atoms with Crippen LogP contribution in [-0.4, -0.2) is 22.4 Å². The summed E-state index contributed by atoms with van der Waals surface area (Å²) < 4.78 is 37.9. The van der Waals surface area contributed by atoms with E-state index in [-0.39, 0.29) is 23.0 Å². The van der Waals surface area contributed by atoms with E-state index >= 15 is 0 Å². The molecule has 1 atom stereocenters. The van der Waals surface area contributed by atoms with Gasteiger partial charge in [-0.15, -0.1) is 0 Å². The van der Waals surface area contributed by atoms with Gasteiger partial charge in [-0.3, -0.25) is 0 Å². The molecule has 1 aromatic rings. The van der Waals surface area contributed by atoms with Crippen LogP contribution < -0.4 is 0 Å². The Morgan fingerprint density at radius 1 is 1.33 bits per heavy atom. The number of aromatic nitrogens is 2. The van der Waals surface area contributed by atoms with Crippen LogP contribution in [0.5, 0.6) is 0 Å². The van der Waals surface area contributed by atoms with Gasteiger partial charge in [-0.2, -0.15) is 13.2 Å². The number of aliphatic imine (C=N–C) groups is 1. The van der Waals surface area contributed by atoms with Crippen LogP contribution in [0.1, 0.15) is 17.9 Å². The molecule has 15 heavy (non-hydrogen) atoms. The van der Waals surface area contributed by atoms with Crippen molar-refractivity contribution in [1.29, 1.82) is 0 Å². The molecule has 2 heterocycles. The summed E-state index contributed by atoms with van der Waals surface area (Å²) in [6.07, 6.45) is -2.28. The van der Waals surface area contributed by atoms with E-state index in [0.29, 0.717) is 0 Å². The molecule has 1 unspecified atom stereocenters. The average Bonchev–Trinajstić information content (AvgIpc) is 2.16. The standard InChI is InChI=1S/C8H5ClF3N3/c9-6-5-4(8(10,11)12)1-2-13-7(5)15-3-14-6/h2-4H,1H2. The normalized spacial score (nSPS) is 20.1. The van der Waals surface area contributed by atoms with Gasteiger partial charge in [-0.25, -0.2) is 15.0 Å². The fraction of sp³-hybridized carbons (Fsp3) is 0.375. The first kappa shape index (κ1) is 10.4. The van der Waals surface area contributed by atoms with Crippen molar-refractivity contribution in [3.63, 3.8) is 0 Å². The van der Waals surface area contributed by atoms with Gasteiger partial charge in [0.2, 0.25) is 0 Å². The lowest BCUT2D eigenvalue weighted by atomic mass is 9.95. The number of nitrogens with zero attached hydrogens (tertiary/aromatic N) is 3. The molecule has 0 spiro atoms. The number of hydrogen-bond donors (Lipinski definition) is 0. The molecule has 1 aromatic heterocycles. The number of fused-ring (bicyclic) bond motifs is 1. The molecule has 3 nitrogen and oxygen atoms in total. The van der Waals surface area contributed by atoms with Crippen LogP contribution in [0, 0.1) is 0 Å². The monoisotopic (exact) mass is 235 g/mol. The fourth-order valence-electron chi connectivity index (χ4n) is 1.43. The molecule has 0 aromatic carbocycles. The first-order valence-electron chi connectivity index (χ1n) is 4.10. The summed E-state index contributed by atoms with van der Waals surface area (Å²) in [5.74, 6) is -1.65. The van der Waals surface area contributed by atoms with Gasteiger partial charge in [0.15, 0.2) is 5.82 Å². The summed E-state index contributed by atoms with van der Waals surface area (Å²) in [5, 5.41) is -0.181. The predicted molar refractivity (Wildman–Crippen MR) is 48.6 cm³/mol. The van der Waals surface area contributed by atoms with Crippen molar-refractivity contribution in [2.75, 3.05) is 0 Å². The zero-order chi connectivity index (χ0) is 11.1. The molecule has 0 saturated carbocycles. The molecule has 0 saturated heterocycles. The van der Waals surface area contributed by atoms with E-state index in [9.17, 15) is 13.2 Å². The zero-order valence-electron chi connectivity index (χ0n) is 7.29. The quantitative estimate of drug-likeness (QED) is 0.649. The second-order valence-corrected chi connectivity index (χ2v) is 3.40. The summed E-state index contributed by atoms with van der Waals surface area (Å²) in [4.78, 5) is 10.9. The maximum absolute atomic E-state index is 12.6. The first-order valence-corrected chi connectivity index (χ1v) is 4.47. The Bertz CT molecular complexity index is 416. The Morgan fingerprint density at radius 2 is 2.07 bits per heavy atom. The third-order valence-corrected chi connectivity index (χ3v) is 2.41. The molecule has 0 fully saturated rings. The molecule has 0 aliphatic carbocycles. The van der Waals surface area contributed by atoms with Crippen molar-refractivity contribution in [1.82, 2.24) is 9.97 Å². The van der Waals surface area contributed by atoms with Gasteiger partial charge in [0.1, 0.15) is 11.5 Å². The van der Waals surface area contributed by atoms with E-state index in [1.165, 1.54) is 6.21 Å². The second kappa shape index (κ2) is 3.44. The second-order valence-electron chi connectivity index (χ2n) is 3.04. The highest BCUT2D eigenvalue weighted by molar-refractivity contribution is 6.30. The summed E-state index contributed by atoms with van der Waals surface area (Å²) in [6.45, 7) is 0. The molecule has 0 N–H and O–H groups in total. The van der Waals surface area contributed by atoms with Crippen molar-refractivity contribution in [2.24, 2.45) is 4.99 Å². The lowest BCUT2D eigenvalue weighted by Crippen LogP contribution is -2.23. The van der Waals surface area contributed by atoms with E-state index in [1.54, 1.807) is 0 Å². The van der Waals surface area contributed by atoms with Gasteiger partial charge >= 0.3 is 6.18 Å². The van der Waals surface area contributed by atoms with Gasteiger partial charge in [0.25, 0.3) is 0 Å². The molecular formula is C8H5ClF3N3. The zero-order valence-corrected chi connectivity index (χ0v) is 8.05. The maximum atomic E-state index is 12.6. The van der Waals surface area contributed by atoms with Crippen LogP contribution in [0.2, 0.25) is 5.15 Å². The van der Waals surface area contributed by atoms with Gasteiger partial charge in [0.05, 0.1) is 5.92 Å².